The summed E-state index contributed by atoms with van der Waals surface area (Å²) in [5, 5.41) is 16.3. The molecule has 0 bridgehead atoms. The number of fused-ring (bicyclic) bond motifs is 7. The lowest BCUT2D eigenvalue weighted by molar-refractivity contribution is -0.140. The number of carbonyl (C=O) groups is 1. The first-order valence-corrected chi connectivity index (χ1v) is 14.2. The number of oxazole rings is 1. The zero-order valence-electron chi connectivity index (χ0n) is 20.8. The zero-order valence-corrected chi connectivity index (χ0v) is 21.6. The Bertz CT molecular complexity index is 1340. The summed E-state index contributed by atoms with van der Waals surface area (Å²) >= 11 is 1.40. The number of ketones is 1. The van der Waals surface area contributed by atoms with E-state index in [-0.39, 0.29) is 28.4 Å². The van der Waals surface area contributed by atoms with Crippen molar-refractivity contribution in [3.63, 3.8) is 0 Å². The predicted octanol–water partition coefficient (Wildman–Crippen LogP) is 5.95. The summed E-state index contributed by atoms with van der Waals surface area (Å²) < 4.78 is 11.3. The molecule has 7 heteroatoms. The van der Waals surface area contributed by atoms with Crippen LogP contribution in [0.1, 0.15) is 57.3 Å². The third kappa shape index (κ3) is 3.24. The van der Waals surface area contributed by atoms with Crippen molar-refractivity contribution in [2.24, 2.45) is 34.5 Å². The lowest BCUT2D eigenvalue weighted by Crippen LogP contribution is -2.57. The molecule has 0 spiro atoms. The van der Waals surface area contributed by atoms with Gasteiger partial charge in [0.25, 0.3) is 5.22 Å². The van der Waals surface area contributed by atoms with E-state index in [1.807, 2.05) is 30.5 Å². The predicted molar refractivity (Wildman–Crippen MR) is 137 cm³/mol. The molecule has 3 saturated carbocycles. The smallest absolute Gasteiger partial charge is 0.257 e. The van der Waals surface area contributed by atoms with Crippen LogP contribution in [0.2, 0.25) is 0 Å². The summed E-state index contributed by atoms with van der Waals surface area (Å²) in [5.41, 5.74) is 3.89. The molecule has 4 aliphatic carbocycles. The minimum Gasteiger partial charge on any atom is -0.431 e. The number of Topliss-reactive ketones (excluding diaryl/α,β-unsaturated/α-hetero) is 1. The van der Waals surface area contributed by atoms with Crippen LogP contribution in [-0.2, 0) is 11.2 Å². The highest BCUT2D eigenvalue weighted by Gasteiger charge is 2.63. The van der Waals surface area contributed by atoms with E-state index in [0.29, 0.717) is 29.2 Å². The second-order valence-electron chi connectivity index (χ2n) is 11.9. The molecule has 36 heavy (non-hydrogen) atoms. The van der Waals surface area contributed by atoms with E-state index < -0.39 is 6.10 Å². The molecule has 1 N–H and O–H groups in total. The Balaban J connectivity index is 1.11. The average Bonchev–Trinajstić information content (AvgIpc) is 3.56. The van der Waals surface area contributed by atoms with Crippen molar-refractivity contribution in [2.75, 3.05) is 5.75 Å². The van der Waals surface area contributed by atoms with Gasteiger partial charge in [-0.1, -0.05) is 48.5 Å². The van der Waals surface area contributed by atoms with Crippen LogP contribution in [0.3, 0.4) is 0 Å². The van der Waals surface area contributed by atoms with Crippen molar-refractivity contribution in [3.05, 3.63) is 47.4 Å². The third-order valence-corrected chi connectivity index (χ3v) is 11.1. The topological polar surface area (TPSA) is 89.4 Å². The maximum Gasteiger partial charge on any atom is 0.257 e. The van der Waals surface area contributed by atoms with Crippen LogP contribution < -0.4 is 0 Å². The van der Waals surface area contributed by atoms with Gasteiger partial charge in [-0.25, -0.2) is 4.98 Å². The number of hydrogen-bond donors (Lipinski definition) is 1. The normalized spacial score (nSPS) is 37.1. The van der Waals surface area contributed by atoms with Crippen LogP contribution in [0.15, 0.2) is 50.2 Å². The van der Waals surface area contributed by atoms with E-state index >= 15 is 0 Å². The van der Waals surface area contributed by atoms with Gasteiger partial charge in [0.15, 0.2) is 11.3 Å². The van der Waals surface area contributed by atoms with Crippen molar-refractivity contribution in [1.82, 2.24) is 10.1 Å². The maximum atomic E-state index is 13.6. The van der Waals surface area contributed by atoms with E-state index in [2.05, 4.69) is 30.1 Å². The van der Waals surface area contributed by atoms with Crippen molar-refractivity contribution in [3.8, 4) is 0 Å². The summed E-state index contributed by atoms with van der Waals surface area (Å²) in [6.07, 6.45) is 9.29. The minimum absolute atomic E-state index is 0.0178. The number of aromatic nitrogens is 2. The number of aliphatic hydroxyl groups excluding tert-OH is 1. The fourth-order valence-electron chi connectivity index (χ4n) is 8.69. The molecule has 2 heterocycles. The third-order valence-electron chi connectivity index (χ3n) is 10.2. The summed E-state index contributed by atoms with van der Waals surface area (Å²) in [4.78, 5) is 18.1. The van der Waals surface area contributed by atoms with Crippen molar-refractivity contribution < 1.29 is 18.8 Å². The Morgan fingerprint density at radius 1 is 1.22 bits per heavy atom. The Morgan fingerprint density at radius 3 is 2.94 bits per heavy atom. The first-order valence-electron chi connectivity index (χ1n) is 13.2. The monoisotopic (exact) mass is 504 g/mol. The molecule has 0 aliphatic heterocycles. The van der Waals surface area contributed by atoms with E-state index in [4.69, 9.17) is 8.94 Å². The van der Waals surface area contributed by atoms with Crippen LogP contribution in [0.5, 0.6) is 0 Å². The van der Waals surface area contributed by atoms with Gasteiger partial charge in [0, 0.05) is 11.5 Å². The highest BCUT2D eigenvalue weighted by atomic mass is 32.2. The van der Waals surface area contributed by atoms with E-state index in [1.165, 1.54) is 17.3 Å². The first kappa shape index (κ1) is 22.8. The number of benzene rings is 1. The largest absolute Gasteiger partial charge is 0.431 e. The molecule has 7 atom stereocenters. The molecule has 0 radical (unpaired) electrons. The molecule has 188 valence electrons. The average molecular weight is 505 g/mol. The zero-order chi connectivity index (χ0) is 24.7. The van der Waals surface area contributed by atoms with Gasteiger partial charge < -0.3 is 14.0 Å². The highest BCUT2D eigenvalue weighted by Crippen LogP contribution is 2.66. The van der Waals surface area contributed by atoms with Crippen LogP contribution in [0.25, 0.3) is 17.2 Å². The van der Waals surface area contributed by atoms with E-state index in [0.717, 1.165) is 54.5 Å². The van der Waals surface area contributed by atoms with Gasteiger partial charge in [0.05, 0.1) is 18.1 Å². The van der Waals surface area contributed by atoms with Crippen LogP contribution in [0.4, 0.5) is 0 Å². The molecule has 1 aromatic carbocycles. The molecule has 0 saturated heterocycles. The fraction of sp³-hybridized carbons (Fsp3) is 0.552. The van der Waals surface area contributed by atoms with Gasteiger partial charge in [0.2, 0.25) is 0 Å². The number of carbonyl (C=O) groups excluding carboxylic acids is 1. The van der Waals surface area contributed by atoms with Crippen LogP contribution in [0, 0.1) is 34.5 Å². The Morgan fingerprint density at radius 2 is 2.08 bits per heavy atom. The Hall–Kier alpha value is -2.38. The Kier molecular flexibility index (Phi) is 5.10. The van der Waals surface area contributed by atoms with E-state index in [9.17, 15) is 9.90 Å². The number of rotatable bonds is 4. The van der Waals surface area contributed by atoms with Crippen molar-refractivity contribution in [2.45, 2.75) is 63.7 Å². The van der Waals surface area contributed by atoms with Crippen molar-refractivity contribution in [1.29, 1.82) is 0 Å². The molecule has 3 aromatic rings. The number of aliphatic hydroxyl groups is 1. The number of thioether (sulfide) groups is 1. The summed E-state index contributed by atoms with van der Waals surface area (Å²) in [6, 6.07) is 7.69. The molecule has 3 fully saturated rings. The van der Waals surface area contributed by atoms with Gasteiger partial charge >= 0.3 is 0 Å². The number of hydrogen-bond acceptors (Lipinski definition) is 7. The fourth-order valence-corrected chi connectivity index (χ4v) is 9.47. The standard InChI is InChI=1S/C29H32N2O4S/c1-28-12-16-14-30-35-25(16)11-17(28)7-8-18-19-9-10-20(29(19,2)13-22(32)26(18)28)23(33)15-36-27-31-21-5-3-4-6-24(21)34-27/h3-6,11,14,18-20,22,26,32H,7-10,12-13,15H2,1-2H3/t18?,19?,20-,22+,26?,28?,29+/m1/s1. The minimum atomic E-state index is -0.413. The summed E-state index contributed by atoms with van der Waals surface area (Å²) in [7, 11) is 0. The van der Waals surface area contributed by atoms with Gasteiger partial charge in [-0.2, -0.15) is 0 Å². The van der Waals surface area contributed by atoms with Gasteiger partial charge in [-0.3, -0.25) is 4.79 Å². The highest BCUT2D eigenvalue weighted by molar-refractivity contribution is 7.99. The molecular formula is C29H32N2O4S. The summed E-state index contributed by atoms with van der Waals surface area (Å²) in [6.45, 7) is 4.62. The molecule has 6 nitrogen and oxygen atoms in total. The first-order chi connectivity index (χ1) is 17.4. The van der Waals surface area contributed by atoms with Gasteiger partial charge in [0.1, 0.15) is 11.3 Å². The SMILES string of the molecule is CC12Cc3cnoc3C=C1CCC1C2[C@@H](O)C[C@@]2(C)C1CC[C@@H]2C(=O)CSc1nc2ccccc2o1. The molecule has 4 unspecified atom stereocenters. The second kappa shape index (κ2) is 8.06. The van der Waals surface area contributed by atoms with Gasteiger partial charge in [-0.15, -0.1) is 0 Å². The lowest BCUT2D eigenvalue weighted by Gasteiger charge is -2.59. The van der Waals surface area contributed by atoms with E-state index in [1.54, 1.807) is 0 Å². The molecule has 7 rings (SSSR count). The van der Waals surface area contributed by atoms with Gasteiger partial charge in [-0.05, 0) is 85.3 Å². The summed E-state index contributed by atoms with van der Waals surface area (Å²) in [5.74, 6) is 2.62. The molecule has 2 aromatic heterocycles. The lowest BCUT2D eigenvalue weighted by atomic mass is 9.46. The second-order valence-corrected chi connectivity index (χ2v) is 12.9. The molecule has 4 aliphatic rings. The van der Waals surface area contributed by atoms with Crippen LogP contribution in [-0.4, -0.2) is 32.9 Å². The van der Waals surface area contributed by atoms with Crippen LogP contribution >= 0.6 is 11.8 Å². The molecular weight excluding hydrogens is 472 g/mol. The van der Waals surface area contributed by atoms with Crippen molar-refractivity contribution >= 4 is 34.7 Å². The Labute approximate surface area is 214 Å². The quantitative estimate of drug-likeness (QED) is 0.439. The number of allylic oxidation sites excluding steroid dienone is 1. The molecule has 0 amide bonds. The number of nitrogens with zero attached hydrogens (tertiary/aromatic N) is 2. The maximum absolute atomic E-state index is 13.6. The number of para-hydroxylation sites is 2.